The lowest BCUT2D eigenvalue weighted by Gasteiger charge is -2.24. The Balaban J connectivity index is 2.03. The van der Waals surface area contributed by atoms with Crippen LogP contribution in [0.25, 0.3) is 10.9 Å². The van der Waals surface area contributed by atoms with E-state index in [4.69, 9.17) is 11.6 Å². The smallest absolute Gasteiger partial charge is 0.341 e. The summed E-state index contributed by atoms with van der Waals surface area (Å²) in [6, 6.07) is 2.19. The fourth-order valence-electron chi connectivity index (χ4n) is 4.14. The largest absolute Gasteiger partial charge is 0.477 e. The van der Waals surface area contributed by atoms with Crippen LogP contribution in [0.15, 0.2) is 11.0 Å². The number of rotatable bonds is 5. The van der Waals surface area contributed by atoms with Crippen molar-refractivity contribution < 1.29 is 14.3 Å². The van der Waals surface area contributed by atoms with Crippen molar-refractivity contribution in [1.82, 2.24) is 9.88 Å². The number of anilines is 1. The number of benzene rings is 1. The molecule has 0 radical (unpaired) electrons. The quantitative estimate of drug-likeness (QED) is 0.774. The van der Waals surface area contributed by atoms with Crippen LogP contribution in [-0.4, -0.2) is 41.3 Å². The number of carboxylic acids is 1. The molecule has 0 bridgehead atoms. The zero-order valence-corrected chi connectivity index (χ0v) is 16.6. The monoisotopic (exact) mass is 418 g/mol. The normalized spacial score (nSPS) is 19.0. The molecule has 9 heteroatoms. The molecule has 1 saturated heterocycles. The first kappa shape index (κ1) is 19.7. The SMILES string of the molecule is CCNC1CCN(c2c(F)c(Cl)c3c(=O)c(C(=O)O)cn(C4CC4)c3c2C#N)C1. The Kier molecular flexibility index (Phi) is 4.97. The van der Waals surface area contributed by atoms with Crippen molar-refractivity contribution in [2.75, 3.05) is 24.5 Å². The van der Waals surface area contributed by atoms with E-state index in [1.54, 1.807) is 9.47 Å². The summed E-state index contributed by atoms with van der Waals surface area (Å²) in [6.07, 6.45) is 3.63. The van der Waals surface area contributed by atoms with Gasteiger partial charge >= 0.3 is 5.97 Å². The molecule has 4 rings (SSSR count). The van der Waals surface area contributed by atoms with E-state index in [0.29, 0.717) is 13.1 Å². The molecule has 29 heavy (non-hydrogen) atoms. The van der Waals surface area contributed by atoms with Gasteiger partial charge in [0, 0.05) is 31.4 Å². The first-order valence-electron chi connectivity index (χ1n) is 9.60. The molecule has 1 atom stereocenters. The Labute approximate surface area is 171 Å². The number of nitrogens with zero attached hydrogens (tertiary/aromatic N) is 3. The summed E-state index contributed by atoms with van der Waals surface area (Å²) in [5.74, 6) is -2.26. The zero-order chi connectivity index (χ0) is 20.9. The van der Waals surface area contributed by atoms with Crippen molar-refractivity contribution in [1.29, 1.82) is 5.26 Å². The van der Waals surface area contributed by atoms with Gasteiger partial charge in [-0.15, -0.1) is 0 Å². The van der Waals surface area contributed by atoms with E-state index in [1.165, 1.54) is 6.20 Å². The number of aromatic carboxylic acids is 1. The number of halogens is 2. The molecular weight excluding hydrogens is 399 g/mol. The lowest BCUT2D eigenvalue weighted by Crippen LogP contribution is -2.33. The average molecular weight is 419 g/mol. The number of nitrogens with one attached hydrogen (secondary N) is 1. The van der Waals surface area contributed by atoms with Gasteiger partial charge in [-0.1, -0.05) is 18.5 Å². The van der Waals surface area contributed by atoms with Crippen molar-refractivity contribution in [3.05, 3.63) is 38.4 Å². The average Bonchev–Trinajstić information content (AvgIpc) is 3.43. The van der Waals surface area contributed by atoms with Crippen LogP contribution in [0.5, 0.6) is 0 Å². The molecule has 0 amide bonds. The first-order chi connectivity index (χ1) is 13.9. The molecule has 152 valence electrons. The number of hydrogen-bond acceptors (Lipinski definition) is 5. The second-order valence-corrected chi connectivity index (χ2v) is 7.87. The Morgan fingerprint density at radius 2 is 2.17 bits per heavy atom. The van der Waals surface area contributed by atoms with Crippen molar-refractivity contribution in [2.45, 2.75) is 38.3 Å². The molecule has 2 aliphatic rings. The number of aromatic nitrogens is 1. The minimum atomic E-state index is -1.40. The van der Waals surface area contributed by atoms with Crippen molar-refractivity contribution in [3.8, 4) is 6.07 Å². The predicted molar refractivity (Wildman–Crippen MR) is 107 cm³/mol. The fourth-order valence-corrected chi connectivity index (χ4v) is 4.41. The Hall–Kier alpha value is -2.63. The molecular formula is C20H20ClFN4O3. The van der Waals surface area contributed by atoms with E-state index >= 15 is 4.39 Å². The number of fused-ring (bicyclic) bond motifs is 1. The predicted octanol–water partition coefficient (Wildman–Crippen LogP) is 2.89. The number of carboxylic acid groups (broad SMARTS) is 1. The summed E-state index contributed by atoms with van der Waals surface area (Å²) in [7, 11) is 0. The molecule has 7 nitrogen and oxygen atoms in total. The summed E-state index contributed by atoms with van der Waals surface area (Å²) in [5, 5.41) is 22.0. The molecule has 2 N–H and O–H groups in total. The number of nitriles is 1. The highest BCUT2D eigenvalue weighted by Crippen LogP contribution is 2.43. The molecule has 2 fully saturated rings. The third kappa shape index (κ3) is 3.15. The zero-order valence-electron chi connectivity index (χ0n) is 15.8. The van der Waals surface area contributed by atoms with E-state index in [1.807, 2.05) is 6.92 Å². The van der Waals surface area contributed by atoms with Gasteiger partial charge in [0.05, 0.1) is 21.6 Å². The van der Waals surface area contributed by atoms with E-state index in [-0.39, 0.29) is 34.2 Å². The van der Waals surface area contributed by atoms with Gasteiger partial charge in [0.2, 0.25) is 5.43 Å². The standard InChI is InChI=1S/C20H20ClFN4O3/c1-2-24-10-5-6-25(8-10)18-12(7-23)17-14(15(21)16(18)22)19(27)13(20(28)29)9-26(17)11-3-4-11/h9-11,24H,2-6,8H2,1H3,(H,28,29). The lowest BCUT2D eigenvalue weighted by molar-refractivity contribution is 0.0695. The van der Waals surface area contributed by atoms with E-state index in [9.17, 15) is 20.0 Å². The minimum Gasteiger partial charge on any atom is -0.477 e. The molecule has 1 saturated carbocycles. The second kappa shape index (κ2) is 7.32. The summed E-state index contributed by atoms with van der Waals surface area (Å²) in [6.45, 7) is 3.84. The van der Waals surface area contributed by atoms with Gasteiger partial charge in [-0.2, -0.15) is 5.26 Å². The third-order valence-electron chi connectivity index (χ3n) is 5.61. The van der Waals surface area contributed by atoms with Gasteiger partial charge in [0.15, 0.2) is 5.82 Å². The van der Waals surface area contributed by atoms with E-state index in [2.05, 4.69) is 11.4 Å². The van der Waals surface area contributed by atoms with E-state index in [0.717, 1.165) is 25.8 Å². The summed E-state index contributed by atoms with van der Waals surface area (Å²) >= 11 is 6.28. The fraction of sp³-hybridized carbons (Fsp3) is 0.450. The molecule has 2 aromatic rings. The van der Waals surface area contributed by atoms with Crippen LogP contribution in [0, 0.1) is 17.1 Å². The van der Waals surface area contributed by atoms with Crippen LogP contribution in [0.1, 0.15) is 48.1 Å². The Bertz CT molecular complexity index is 1120. The van der Waals surface area contributed by atoms with Gasteiger partial charge in [0.25, 0.3) is 0 Å². The molecule has 2 heterocycles. The van der Waals surface area contributed by atoms with Crippen LogP contribution in [0.3, 0.4) is 0 Å². The Morgan fingerprint density at radius 1 is 1.45 bits per heavy atom. The molecule has 1 aliphatic carbocycles. The van der Waals surface area contributed by atoms with Crippen molar-refractivity contribution in [2.24, 2.45) is 0 Å². The molecule has 0 spiro atoms. The van der Waals surface area contributed by atoms with Crippen LogP contribution in [0.2, 0.25) is 5.02 Å². The minimum absolute atomic E-state index is 0.0278. The number of carbonyl (C=O) groups is 1. The van der Waals surface area contributed by atoms with Gasteiger partial charge in [-0.05, 0) is 25.8 Å². The maximum absolute atomic E-state index is 15.4. The third-order valence-corrected chi connectivity index (χ3v) is 5.96. The van der Waals surface area contributed by atoms with Gasteiger partial charge in [-0.3, -0.25) is 4.79 Å². The van der Waals surface area contributed by atoms with Crippen LogP contribution in [-0.2, 0) is 0 Å². The van der Waals surface area contributed by atoms with Crippen molar-refractivity contribution >= 4 is 34.2 Å². The van der Waals surface area contributed by atoms with E-state index < -0.39 is 27.8 Å². The lowest BCUT2D eigenvalue weighted by atomic mass is 10.0. The second-order valence-electron chi connectivity index (χ2n) is 7.49. The number of likely N-dealkylation sites (N-methyl/N-ethyl adjacent to an activating group) is 1. The Morgan fingerprint density at radius 3 is 2.76 bits per heavy atom. The molecule has 1 unspecified atom stereocenters. The highest BCUT2D eigenvalue weighted by atomic mass is 35.5. The van der Waals surface area contributed by atoms with Gasteiger partial charge < -0.3 is 19.9 Å². The van der Waals surface area contributed by atoms with Crippen molar-refractivity contribution in [3.63, 3.8) is 0 Å². The highest BCUT2D eigenvalue weighted by Gasteiger charge is 2.34. The molecule has 1 aromatic heterocycles. The number of pyridine rings is 1. The summed E-state index contributed by atoms with van der Waals surface area (Å²) in [4.78, 5) is 26.1. The molecule has 1 aromatic carbocycles. The maximum Gasteiger partial charge on any atom is 0.341 e. The first-order valence-corrected chi connectivity index (χ1v) is 9.98. The van der Waals surface area contributed by atoms with Crippen LogP contribution in [0.4, 0.5) is 10.1 Å². The van der Waals surface area contributed by atoms with Crippen LogP contribution >= 0.6 is 11.6 Å². The van der Waals surface area contributed by atoms with Crippen LogP contribution < -0.4 is 15.6 Å². The topological polar surface area (TPSA) is 98.4 Å². The maximum atomic E-state index is 15.4. The number of hydrogen-bond donors (Lipinski definition) is 2. The summed E-state index contributed by atoms with van der Waals surface area (Å²) in [5.41, 5.74) is -1.01. The highest BCUT2D eigenvalue weighted by molar-refractivity contribution is 6.36. The summed E-state index contributed by atoms with van der Waals surface area (Å²) < 4.78 is 17.0. The van der Waals surface area contributed by atoms with Gasteiger partial charge in [0.1, 0.15) is 17.2 Å². The van der Waals surface area contributed by atoms with Gasteiger partial charge in [-0.25, -0.2) is 9.18 Å². The molecule has 1 aliphatic heterocycles.